The zero-order valence-corrected chi connectivity index (χ0v) is 26.5. The number of carbonyl (C=O) groups excluding carboxylic acids is 3. The van der Waals surface area contributed by atoms with Crippen molar-refractivity contribution in [3.63, 3.8) is 0 Å². The van der Waals surface area contributed by atoms with Gasteiger partial charge < -0.3 is 14.6 Å². The van der Waals surface area contributed by atoms with Gasteiger partial charge in [0.1, 0.15) is 5.75 Å². The second-order valence-corrected chi connectivity index (χ2v) is 15.3. The smallest absolute Gasteiger partial charge is 0.305 e. The molecule has 222 valence electrons. The third kappa shape index (κ3) is 4.36. The number of ether oxygens (including phenoxy) is 1. The number of hydrogen-bond donors (Lipinski definition) is 1. The van der Waals surface area contributed by atoms with Gasteiger partial charge in [-0.15, -0.1) is 11.8 Å². The van der Waals surface area contributed by atoms with Gasteiger partial charge in [0, 0.05) is 39.2 Å². The van der Waals surface area contributed by atoms with E-state index in [1.54, 1.807) is 11.8 Å². The Balaban J connectivity index is 1.17. The first kappa shape index (κ1) is 27.6. The van der Waals surface area contributed by atoms with E-state index in [4.69, 9.17) is 4.74 Å². The maximum atomic E-state index is 14.0. The molecule has 8 nitrogen and oxygen atoms in total. The molecular formula is C32H30BrN3O5S2. The molecule has 2 aliphatic carbocycles. The number of H-pyrrole nitrogens is 1. The normalized spacial score (nSPS) is 30.8. The zero-order valence-electron chi connectivity index (χ0n) is 23.2. The standard InChI is InChI=1S/C32H30BrN3O5S2/c33-16-9-10-21(41-15-22(37)35-11-5-2-6-12-35)18(13-16)23-24-19-14-20(27(24)42-29-28(23)43-32(40)34-29)26-25(19)30(38)36(31(26)39)17-7-3-1-4-8-17/h1,3-4,7-10,13,19-20,23-27H,2,5-6,11-12,14-15H2,(H,34,40)/t19-,20-,23+,24-,25+,26+,27-/m1/s1. The first-order valence-electron chi connectivity index (χ1n) is 14.9. The van der Waals surface area contributed by atoms with Crippen LogP contribution in [0.4, 0.5) is 5.69 Å². The molecule has 2 aromatic carbocycles. The summed E-state index contributed by atoms with van der Waals surface area (Å²) in [5.41, 5.74) is 1.54. The molecule has 3 amide bonds. The van der Waals surface area contributed by atoms with Gasteiger partial charge in [-0.05, 0) is 73.8 Å². The Labute approximate surface area is 265 Å². The minimum atomic E-state index is -0.378. The summed E-state index contributed by atoms with van der Waals surface area (Å²) in [6.07, 6.45) is 3.99. The Morgan fingerprint density at radius 3 is 2.49 bits per heavy atom. The van der Waals surface area contributed by atoms with Crippen molar-refractivity contribution in [2.45, 2.75) is 41.9 Å². The third-order valence-corrected chi connectivity index (χ3v) is 13.2. The molecule has 4 fully saturated rings. The number of imide groups is 1. The van der Waals surface area contributed by atoms with E-state index in [0.29, 0.717) is 11.4 Å². The summed E-state index contributed by atoms with van der Waals surface area (Å²) < 4.78 is 7.15. The summed E-state index contributed by atoms with van der Waals surface area (Å²) in [5.74, 6) is -0.466. The zero-order chi connectivity index (χ0) is 29.4. The lowest BCUT2D eigenvalue weighted by atomic mass is 9.68. The number of carbonyl (C=O) groups is 3. The van der Waals surface area contributed by atoms with Crippen LogP contribution in [0.2, 0.25) is 0 Å². The second kappa shape index (κ2) is 10.6. The molecule has 8 rings (SSSR count). The molecular weight excluding hydrogens is 650 g/mol. The molecule has 43 heavy (non-hydrogen) atoms. The Hall–Kier alpha value is -2.89. The number of hydrogen-bond acceptors (Lipinski definition) is 7. The molecule has 5 aliphatic rings. The number of aromatic amines is 1. The number of halogens is 1. The van der Waals surface area contributed by atoms with E-state index in [9.17, 15) is 19.2 Å². The largest absolute Gasteiger partial charge is 0.483 e. The first-order valence-corrected chi connectivity index (χ1v) is 17.4. The van der Waals surface area contributed by atoms with Crippen molar-refractivity contribution < 1.29 is 19.1 Å². The molecule has 2 bridgehead atoms. The van der Waals surface area contributed by atoms with Gasteiger partial charge in [-0.1, -0.05) is 45.5 Å². The van der Waals surface area contributed by atoms with Crippen molar-refractivity contribution in [2.75, 3.05) is 24.6 Å². The van der Waals surface area contributed by atoms with E-state index in [2.05, 4.69) is 20.9 Å². The lowest BCUT2D eigenvalue weighted by Crippen LogP contribution is -2.43. The summed E-state index contributed by atoms with van der Waals surface area (Å²) in [5, 5.41) is 0.917. The summed E-state index contributed by atoms with van der Waals surface area (Å²) in [6.45, 7) is 1.48. The molecule has 0 radical (unpaired) electrons. The van der Waals surface area contributed by atoms with Crippen molar-refractivity contribution >= 4 is 62.4 Å². The molecule has 7 atom stereocenters. The van der Waals surface area contributed by atoms with E-state index >= 15 is 0 Å². The number of likely N-dealkylation sites (tertiary alicyclic amines) is 1. The number of nitrogens with one attached hydrogen (secondary N) is 1. The first-order chi connectivity index (χ1) is 20.9. The van der Waals surface area contributed by atoms with Crippen LogP contribution >= 0.6 is 39.0 Å². The number of rotatable bonds is 5. The highest BCUT2D eigenvalue weighted by atomic mass is 79.9. The number of thiazole rings is 1. The average Bonchev–Trinajstić information content (AvgIpc) is 3.76. The van der Waals surface area contributed by atoms with Crippen LogP contribution in [0, 0.1) is 29.6 Å². The molecule has 3 aliphatic heterocycles. The quantitative estimate of drug-likeness (QED) is 0.369. The van der Waals surface area contributed by atoms with Gasteiger partial charge in [0.2, 0.25) is 11.8 Å². The average molecular weight is 681 g/mol. The number of para-hydroxylation sites is 1. The number of thioether (sulfide) groups is 1. The molecule has 4 heterocycles. The molecule has 0 unspecified atom stereocenters. The van der Waals surface area contributed by atoms with Crippen molar-refractivity contribution in [1.29, 1.82) is 0 Å². The highest BCUT2D eigenvalue weighted by Gasteiger charge is 2.69. The van der Waals surface area contributed by atoms with Crippen LogP contribution in [0.5, 0.6) is 5.75 Å². The van der Waals surface area contributed by atoms with Crippen molar-refractivity contribution in [3.05, 3.63) is 73.1 Å². The fourth-order valence-electron chi connectivity index (χ4n) is 8.46. The minimum Gasteiger partial charge on any atom is -0.483 e. The number of fused-ring (bicyclic) bond motifs is 9. The molecule has 3 aromatic rings. The van der Waals surface area contributed by atoms with Crippen molar-refractivity contribution in [3.8, 4) is 5.75 Å². The molecule has 2 saturated carbocycles. The number of nitrogens with zero attached hydrogens (tertiary/aromatic N) is 2. The maximum Gasteiger partial charge on any atom is 0.305 e. The van der Waals surface area contributed by atoms with Gasteiger partial charge in [0.15, 0.2) is 6.61 Å². The SMILES string of the molecule is O=C(COc1ccc(Br)cc1[C@@H]1c2sc(=O)[nH]c2S[C@@H]2[C@@H]3C[C@@H]([C@@H]4C(=O)N(c5ccccc5)C(=O)[C@@H]34)[C@H]12)N1CCCCC1. The van der Waals surface area contributed by atoms with Crippen molar-refractivity contribution in [1.82, 2.24) is 9.88 Å². The second-order valence-electron chi connectivity index (χ2n) is 12.2. The highest BCUT2D eigenvalue weighted by Crippen LogP contribution is 2.69. The van der Waals surface area contributed by atoms with E-state index in [0.717, 1.165) is 58.7 Å². The summed E-state index contributed by atoms with van der Waals surface area (Å²) in [7, 11) is 0. The van der Waals surface area contributed by atoms with Gasteiger partial charge in [-0.2, -0.15) is 0 Å². The van der Waals surface area contributed by atoms with Gasteiger partial charge in [0.05, 0.1) is 22.5 Å². The molecule has 1 N–H and O–H groups in total. The van der Waals surface area contributed by atoms with Crippen LogP contribution in [-0.2, 0) is 14.4 Å². The lowest BCUT2D eigenvalue weighted by molar-refractivity contribution is -0.134. The fourth-order valence-corrected chi connectivity index (χ4v) is 11.7. The number of piperidine rings is 1. The van der Waals surface area contributed by atoms with E-state index in [1.165, 1.54) is 16.2 Å². The topological polar surface area (TPSA) is 99.8 Å². The summed E-state index contributed by atoms with van der Waals surface area (Å²) in [4.78, 5) is 60.7. The van der Waals surface area contributed by atoms with Gasteiger partial charge in [-0.3, -0.25) is 24.1 Å². The Morgan fingerprint density at radius 1 is 0.977 bits per heavy atom. The molecule has 2 saturated heterocycles. The van der Waals surface area contributed by atoms with Gasteiger partial charge in [0.25, 0.3) is 5.91 Å². The van der Waals surface area contributed by atoms with Gasteiger partial charge in [-0.25, -0.2) is 0 Å². The monoisotopic (exact) mass is 679 g/mol. The lowest BCUT2D eigenvalue weighted by Gasteiger charge is -2.43. The predicted molar refractivity (Wildman–Crippen MR) is 167 cm³/mol. The highest BCUT2D eigenvalue weighted by molar-refractivity contribution is 9.10. The van der Waals surface area contributed by atoms with Crippen LogP contribution in [0.1, 0.15) is 42.0 Å². The fraction of sp³-hybridized carbons (Fsp3) is 0.438. The summed E-state index contributed by atoms with van der Waals surface area (Å²) >= 11 is 6.53. The third-order valence-electron chi connectivity index (χ3n) is 10.1. The van der Waals surface area contributed by atoms with Crippen LogP contribution in [-0.4, -0.2) is 52.6 Å². The van der Waals surface area contributed by atoms with E-state index in [1.807, 2.05) is 53.4 Å². The number of amides is 3. The Morgan fingerprint density at radius 2 is 1.72 bits per heavy atom. The molecule has 1 aromatic heterocycles. The molecule has 0 spiro atoms. The van der Waals surface area contributed by atoms with Crippen LogP contribution < -0.4 is 14.5 Å². The molecule has 11 heteroatoms. The van der Waals surface area contributed by atoms with Gasteiger partial charge >= 0.3 is 4.87 Å². The van der Waals surface area contributed by atoms with Crippen molar-refractivity contribution in [2.24, 2.45) is 29.6 Å². The van der Waals surface area contributed by atoms with E-state index in [-0.39, 0.29) is 70.0 Å². The van der Waals surface area contributed by atoms with Crippen LogP contribution in [0.25, 0.3) is 0 Å². The number of anilines is 1. The Kier molecular flexibility index (Phi) is 6.83. The minimum absolute atomic E-state index is 0.00479. The summed E-state index contributed by atoms with van der Waals surface area (Å²) in [6, 6.07) is 15.1. The van der Waals surface area contributed by atoms with Crippen LogP contribution in [0.15, 0.2) is 62.8 Å². The maximum absolute atomic E-state index is 14.0. The predicted octanol–water partition coefficient (Wildman–Crippen LogP) is 5.27. The Bertz CT molecular complexity index is 1690. The number of benzene rings is 2. The van der Waals surface area contributed by atoms with E-state index < -0.39 is 0 Å². The van der Waals surface area contributed by atoms with Crippen LogP contribution in [0.3, 0.4) is 0 Å². The number of aromatic nitrogens is 1.